The Hall–Kier alpha value is -3.49. The first-order chi connectivity index (χ1) is 16.1. The summed E-state index contributed by atoms with van der Waals surface area (Å²) in [6.07, 6.45) is 4.93. The van der Waals surface area contributed by atoms with E-state index >= 15 is 0 Å². The average Bonchev–Trinajstić information content (AvgIpc) is 3.22. The molecule has 0 spiro atoms. The average molecular weight is 442 g/mol. The number of anilines is 2. The zero-order chi connectivity index (χ0) is 22.4. The van der Waals surface area contributed by atoms with Gasteiger partial charge in [0, 0.05) is 30.5 Å². The lowest BCUT2D eigenvalue weighted by Crippen LogP contribution is -2.43. The number of fused-ring (bicyclic) bond motifs is 1. The summed E-state index contributed by atoms with van der Waals surface area (Å²) in [5.74, 6) is 2.08. The van der Waals surface area contributed by atoms with Crippen molar-refractivity contribution < 1.29 is 4.74 Å². The highest BCUT2D eigenvalue weighted by Crippen LogP contribution is 2.39. The molecule has 4 heterocycles. The molecule has 8 heteroatoms. The molecule has 168 valence electrons. The summed E-state index contributed by atoms with van der Waals surface area (Å²) in [4.78, 5) is 16.5. The highest BCUT2D eigenvalue weighted by molar-refractivity contribution is 5.83. The van der Waals surface area contributed by atoms with Gasteiger partial charge in [-0.15, -0.1) is 0 Å². The monoisotopic (exact) mass is 441 g/mol. The number of nitrogen functional groups attached to an aromatic ring is 1. The summed E-state index contributed by atoms with van der Waals surface area (Å²) in [6.45, 7) is 3.06. The minimum absolute atomic E-state index is 0.200. The van der Waals surface area contributed by atoms with Crippen LogP contribution >= 0.6 is 0 Å². The molecule has 0 bridgehead atoms. The fraction of sp³-hybridized carbons (Fsp3) is 0.320. The number of hydrogen-bond acceptors (Lipinski definition) is 7. The van der Waals surface area contributed by atoms with Gasteiger partial charge in [-0.05, 0) is 61.2 Å². The molecule has 0 unspecified atom stereocenters. The van der Waals surface area contributed by atoms with Crippen molar-refractivity contribution in [2.45, 2.75) is 24.8 Å². The van der Waals surface area contributed by atoms with Crippen LogP contribution in [0.15, 0.2) is 54.7 Å². The first-order valence-corrected chi connectivity index (χ1v) is 11.5. The summed E-state index contributed by atoms with van der Waals surface area (Å²) in [7, 11) is 0. The first-order valence-electron chi connectivity index (χ1n) is 11.5. The maximum Gasteiger partial charge on any atom is 0.167 e. The van der Waals surface area contributed by atoms with Gasteiger partial charge < -0.3 is 21.1 Å². The molecule has 4 aromatic rings. The summed E-state index contributed by atoms with van der Waals surface area (Å²) in [6, 6.07) is 16.3. The molecule has 2 fully saturated rings. The molecule has 33 heavy (non-hydrogen) atoms. The maximum absolute atomic E-state index is 6.55. The minimum Gasteiger partial charge on any atom is -0.383 e. The van der Waals surface area contributed by atoms with Crippen LogP contribution in [-0.2, 0) is 10.3 Å². The molecule has 1 saturated heterocycles. The summed E-state index contributed by atoms with van der Waals surface area (Å²) < 4.78 is 7.58. The number of benzene rings is 1. The Labute approximate surface area is 192 Å². The highest BCUT2D eigenvalue weighted by Gasteiger charge is 2.34. The standard InChI is InChI=1S/C25H27N7O/c26-22-19(3-1-12-28-22)23-29-20-8-9-21(31-13-15-33-16-14-31)30-24(20)32(23)18-6-4-17(5-7-18)25(27)10-2-11-25/h1,3-9,12H,2,10-11,13-16,27H2,(H2,26,28). The SMILES string of the molecule is Nc1ncccc1-c1nc2ccc(N3CCOCC3)nc2n1-c1ccc(C2(N)CCC2)cc1. The van der Waals surface area contributed by atoms with Crippen molar-refractivity contribution in [3.05, 3.63) is 60.3 Å². The number of morpholine rings is 1. The van der Waals surface area contributed by atoms with Gasteiger partial charge in [0.2, 0.25) is 0 Å². The van der Waals surface area contributed by atoms with Crippen LogP contribution in [0, 0.1) is 0 Å². The number of nitrogens with zero attached hydrogens (tertiary/aromatic N) is 5. The van der Waals surface area contributed by atoms with Gasteiger partial charge in [-0.1, -0.05) is 12.1 Å². The third kappa shape index (κ3) is 3.42. The van der Waals surface area contributed by atoms with E-state index in [2.05, 4.69) is 38.7 Å². The highest BCUT2D eigenvalue weighted by atomic mass is 16.5. The summed E-state index contributed by atoms with van der Waals surface area (Å²) in [5.41, 5.74) is 17.1. The number of rotatable bonds is 4. The second-order valence-corrected chi connectivity index (χ2v) is 8.88. The van der Waals surface area contributed by atoms with Gasteiger partial charge in [-0.25, -0.2) is 15.0 Å². The third-order valence-corrected chi connectivity index (χ3v) is 6.85. The zero-order valence-corrected chi connectivity index (χ0v) is 18.4. The number of pyridine rings is 2. The number of imidazole rings is 1. The largest absolute Gasteiger partial charge is 0.383 e. The number of aromatic nitrogens is 4. The Morgan fingerprint density at radius 2 is 1.73 bits per heavy atom. The van der Waals surface area contributed by atoms with Crippen LogP contribution in [0.25, 0.3) is 28.2 Å². The van der Waals surface area contributed by atoms with E-state index in [1.807, 2.05) is 24.3 Å². The van der Waals surface area contributed by atoms with E-state index < -0.39 is 0 Å². The molecular formula is C25H27N7O. The summed E-state index contributed by atoms with van der Waals surface area (Å²) >= 11 is 0. The van der Waals surface area contributed by atoms with Crippen molar-refractivity contribution in [3.63, 3.8) is 0 Å². The van der Waals surface area contributed by atoms with E-state index in [-0.39, 0.29) is 5.54 Å². The van der Waals surface area contributed by atoms with Crippen LogP contribution in [0.1, 0.15) is 24.8 Å². The van der Waals surface area contributed by atoms with E-state index in [1.165, 1.54) is 12.0 Å². The topological polar surface area (TPSA) is 108 Å². The second-order valence-electron chi connectivity index (χ2n) is 8.88. The van der Waals surface area contributed by atoms with Crippen molar-refractivity contribution in [2.75, 3.05) is 36.9 Å². The smallest absolute Gasteiger partial charge is 0.167 e. The molecule has 8 nitrogen and oxygen atoms in total. The van der Waals surface area contributed by atoms with Crippen LogP contribution in [0.5, 0.6) is 0 Å². The normalized spacial score (nSPS) is 17.8. The molecule has 2 aliphatic rings. The van der Waals surface area contributed by atoms with Crippen LogP contribution < -0.4 is 16.4 Å². The zero-order valence-electron chi connectivity index (χ0n) is 18.4. The van der Waals surface area contributed by atoms with Crippen molar-refractivity contribution in [1.29, 1.82) is 0 Å². The molecule has 0 amide bonds. The molecular weight excluding hydrogens is 414 g/mol. The van der Waals surface area contributed by atoms with Crippen LogP contribution in [0.3, 0.4) is 0 Å². The predicted molar refractivity (Wildman–Crippen MR) is 129 cm³/mol. The summed E-state index contributed by atoms with van der Waals surface area (Å²) in [5, 5.41) is 0. The van der Waals surface area contributed by atoms with E-state index in [4.69, 9.17) is 26.2 Å². The Morgan fingerprint density at radius 1 is 0.939 bits per heavy atom. The Morgan fingerprint density at radius 3 is 2.42 bits per heavy atom. The van der Waals surface area contributed by atoms with Gasteiger partial charge in [-0.2, -0.15) is 0 Å². The quantitative estimate of drug-likeness (QED) is 0.500. The van der Waals surface area contributed by atoms with Gasteiger partial charge in [0.25, 0.3) is 0 Å². The minimum atomic E-state index is -0.200. The van der Waals surface area contributed by atoms with E-state index in [0.29, 0.717) is 19.0 Å². The van der Waals surface area contributed by atoms with Crippen molar-refractivity contribution >= 4 is 22.8 Å². The molecule has 1 saturated carbocycles. The number of ether oxygens (including phenoxy) is 1. The molecule has 0 radical (unpaired) electrons. The molecule has 1 aliphatic carbocycles. The predicted octanol–water partition coefficient (Wildman–Crippen LogP) is 3.24. The van der Waals surface area contributed by atoms with Crippen LogP contribution in [0.4, 0.5) is 11.6 Å². The fourth-order valence-corrected chi connectivity index (χ4v) is 4.74. The molecule has 6 rings (SSSR count). The van der Waals surface area contributed by atoms with Gasteiger partial charge in [-0.3, -0.25) is 4.57 Å². The van der Waals surface area contributed by atoms with Gasteiger partial charge in [0.15, 0.2) is 11.5 Å². The lowest BCUT2D eigenvalue weighted by atomic mass is 9.73. The van der Waals surface area contributed by atoms with E-state index in [9.17, 15) is 0 Å². The van der Waals surface area contributed by atoms with E-state index in [0.717, 1.165) is 60.0 Å². The third-order valence-electron chi connectivity index (χ3n) is 6.85. The first kappa shape index (κ1) is 20.1. The second kappa shape index (κ2) is 7.83. The van der Waals surface area contributed by atoms with Crippen LogP contribution in [-0.4, -0.2) is 45.8 Å². The fourth-order valence-electron chi connectivity index (χ4n) is 4.74. The lowest BCUT2D eigenvalue weighted by Gasteiger charge is -2.38. The van der Waals surface area contributed by atoms with E-state index in [1.54, 1.807) is 6.20 Å². The number of nitrogens with two attached hydrogens (primary N) is 2. The Balaban J connectivity index is 1.52. The Kier molecular flexibility index (Phi) is 4.78. The molecule has 0 atom stereocenters. The molecule has 3 aromatic heterocycles. The van der Waals surface area contributed by atoms with Gasteiger partial charge in [0.1, 0.15) is 17.2 Å². The molecule has 1 aliphatic heterocycles. The van der Waals surface area contributed by atoms with Crippen molar-refractivity contribution in [3.8, 4) is 17.1 Å². The molecule has 1 aromatic carbocycles. The van der Waals surface area contributed by atoms with Crippen molar-refractivity contribution in [2.24, 2.45) is 5.73 Å². The lowest BCUT2D eigenvalue weighted by molar-refractivity contribution is 0.122. The van der Waals surface area contributed by atoms with Gasteiger partial charge in [0.05, 0.1) is 18.8 Å². The maximum atomic E-state index is 6.55. The number of hydrogen-bond donors (Lipinski definition) is 2. The van der Waals surface area contributed by atoms with Gasteiger partial charge >= 0.3 is 0 Å². The van der Waals surface area contributed by atoms with Crippen LogP contribution in [0.2, 0.25) is 0 Å². The Bertz CT molecular complexity index is 1300. The van der Waals surface area contributed by atoms with Crippen molar-refractivity contribution in [1.82, 2.24) is 19.5 Å². The molecule has 4 N–H and O–H groups in total.